The highest BCUT2D eigenvalue weighted by Gasteiger charge is 2.47. The molecule has 0 bridgehead atoms. The number of β-amino-alcohol motifs (C(OH)–C–C–N with tert-alkyl or cyclic N) is 1. The summed E-state index contributed by atoms with van der Waals surface area (Å²) in [5, 5.41) is 22.3. The summed E-state index contributed by atoms with van der Waals surface area (Å²) in [7, 11) is 0. The Morgan fingerprint density at radius 1 is 1.23 bits per heavy atom. The molecule has 2 fully saturated rings. The van der Waals surface area contributed by atoms with Crippen molar-refractivity contribution in [3.63, 3.8) is 0 Å². The summed E-state index contributed by atoms with van der Waals surface area (Å²) in [6, 6.07) is 0. The SMILES string of the molecule is Cl.O[C@@H]1CNC2(CCOCC2)[C@@H]1O. The summed E-state index contributed by atoms with van der Waals surface area (Å²) in [4.78, 5) is 0. The fourth-order valence-corrected chi connectivity index (χ4v) is 2.10. The number of nitrogens with one attached hydrogen (secondary N) is 1. The lowest BCUT2D eigenvalue weighted by Gasteiger charge is -2.36. The molecular formula is C8H16ClNO3. The minimum absolute atomic E-state index is 0. The Kier molecular flexibility index (Phi) is 3.54. The van der Waals surface area contributed by atoms with Crippen LogP contribution in [0.3, 0.4) is 0 Å². The smallest absolute Gasteiger partial charge is 0.0994 e. The van der Waals surface area contributed by atoms with Crippen molar-refractivity contribution in [3.8, 4) is 0 Å². The van der Waals surface area contributed by atoms with Gasteiger partial charge in [0.1, 0.15) is 0 Å². The molecule has 3 N–H and O–H groups in total. The van der Waals surface area contributed by atoms with E-state index in [0.717, 1.165) is 12.8 Å². The highest BCUT2D eigenvalue weighted by Crippen LogP contribution is 2.30. The third-order valence-corrected chi connectivity index (χ3v) is 2.98. The molecule has 2 heterocycles. The number of hydrogen-bond acceptors (Lipinski definition) is 4. The van der Waals surface area contributed by atoms with E-state index in [1.165, 1.54) is 0 Å². The monoisotopic (exact) mass is 209 g/mol. The molecule has 4 nitrogen and oxygen atoms in total. The molecule has 2 atom stereocenters. The molecule has 0 unspecified atom stereocenters. The van der Waals surface area contributed by atoms with Gasteiger partial charge in [-0.15, -0.1) is 12.4 Å². The minimum atomic E-state index is -0.624. The Balaban J connectivity index is 0.000000845. The van der Waals surface area contributed by atoms with Crippen molar-refractivity contribution in [3.05, 3.63) is 0 Å². The normalized spacial score (nSPS) is 37.4. The van der Waals surface area contributed by atoms with Crippen LogP contribution in [0.5, 0.6) is 0 Å². The molecule has 13 heavy (non-hydrogen) atoms. The van der Waals surface area contributed by atoms with E-state index in [2.05, 4.69) is 5.32 Å². The van der Waals surface area contributed by atoms with E-state index in [9.17, 15) is 10.2 Å². The van der Waals surface area contributed by atoms with Crippen molar-refractivity contribution in [1.82, 2.24) is 5.32 Å². The predicted octanol–water partition coefficient (Wildman–Crippen LogP) is -0.718. The predicted molar refractivity (Wildman–Crippen MR) is 50.0 cm³/mol. The van der Waals surface area contributed by atoms with Crippen LogP contribution >= 0.6 is 12.4 Å². The van der Waals surface area contributed by atoms with Crippen LogP contribution in [0.25, 0.3) is 0 Å². The topological polar surface area (TPSA) is 61.7 Å². The zero-order valence-electron chi connectivity index (χ0n) is 7.40. The number of aliphatic hydroxyl groups excluding tert-OH is 2. The number of rotatable bonds is 0. The Morgan fingerprint density at radius 2 is 1.85 bits per heavy atom. The summed E-state index contributed by atoms with van der Waals surface area (Å²) >= 11 is 0. The van der Waals surface area contributed by atoms with Gasteiger partial charge < -0.3 is 20.3 Å². The second kappa shape index (κ2) is 4.11. The van der Waals surface area contributed by atoms with Crippen LogP contribution in [0, 0.1) is 0 Å². The molecule has 0 aliphatic carbocycles. The molecule has 2 aliphatic rings. The second-order valence-corrected chi connectivity index (χ2v) is 3.66. The van der Waals surface area contributed by atoms with E-state index in [1.807, 2.05) is 0 Å². The van der Waals surface area contributed by atoms with Gasteiger partial charge in [0, 0.05) is 19.8 Å². The Morgan fingerprint density at radius 3 is 2.31 bits per heavy atom. The van der Waals surface area contributed by atoms with E-state index in [0.29, 0.717) is 19.8 Å². The standard InChI is InChI=1S/C8H15NO3.ClH/c10-6-5-9-8(7(6)11)1-3-12-4-2-8;/h6-7,9-11H,1-5H2;1H/t6-,7-;/m1./s1. The molecule has 78 valence electrons. The van der Waals surface area contributed by atoms with Crippen molar-refractivity contribution in [2.75, 3.05) is 19.8 Å². The minimum Gasteiger partial charge on any atom is -0.389 e. The largest absolute Gasteiger partial charge is 0.389 e. The van der Waals surface area contributed by atoms with Gasteiger partial charge in [0.05, 0.1) is 17.7 Å². The number of hydrogen-bond donors (Lipinski definition) is 3. The van der Waals surface area contributed by atoms with Crippen LogP contribution in [0.2, 0.25) is 0 Å². The molecule has 0 saturated carbocycles. The first-order valence-corrected chi connectivity index (χ1v) is 4.43. The molecule has 0 aromatic rings. The zero-order chi connectivity index (χ0) is 8.60. The van der Waals surface area contributed by atoms with Crippen molar-refractivity contribution in [1.29, 1.82) is 0 Å². The summed E-state index contributed by atoms with van der Waals surface area (Å²) in [6.45, 7) is 1.86. The van der Waals surface area contributed by atoms with Crippen molar-refractivity contribution >= 4 is 12.4 Å². The highest BCUT2D eigenvalue weighted by atomic mass is 35.5. The molecule has 0 aromatic heterocycles. The molecular weight excluding hydrogens is 194 g/mol. The maximum absolute atomic E-state index is 9.70. The van der Waals surface area contributed by atoms with Crippen molar-refractivity contribution in [2.45, 2.75) is 30.6 Å². The van der Waals surface area contributed by atoms with E-state index < -0.39 is 12.2 Å². The van der Waals surface area contributed by atoms with Gasteiger partial charge in [-0.3, -0.25) is 0 Å². The summed E-state index contributed by atoms with van der Waals surface area (Å²) < 4.78 is 5.21. The van der Waals surface area contributed by atoms with Crippen LogP contribution in [0.4, 0.5) is 0 Å². The molecule has 2 rings (SSSR count). The van der Waals surface area contributed by atoms with Gasteiger partial charge in [-0.05, 0) is 12.8 Å². The quantitative estimate of drug-likeness (QED) is 0.493. The number of aliphatic hydroxyl groups is 2. The van der Waals surface area contributed by atoms with E-state index >= 15 is 0 Å². The van der Waals surface area contributed by atoms with E-state index in [1.54, 1.807) is 0 Å². The van der Waals surface area contributed by atoms with Crippen LogP contribution < -0.4 is 5.32 Å². The van der Waals surface area contributed by atoms with Gasteiger partial charge >= 0.3 is 0 Å². The number of ether oxygens (including phenoxy) is 1. The van der Waals surface area contributed by atoms with Crippen LogP contribution in [0.15, 0.2) is 0 Å². The fraction of sp³-hybridized carbons (Fsp3) is 1.00. The van der Waals surface area contributed by atoms with Gasteiger partial charge in [0.15, 0.2) is 0 Å². The van der Waals surface area contributed by atoms with Gasteiger partial charge in [-0.2, -0.15) is 0 Å². The lowest BCUT2D eigenvalue weighted by atomic mass is 9.85. The average molecular weight is 210 g/mol. The van der Waals surface area contributed by atoms with Gasteiger partial charge in [0.2, 0.25) is 0 Å². The van der Waals surface area contributed by atoms with Gasteiger partial charge in [-0.1, -0.05) is 0 Å². The first-order chi connectivity index (χ1) is 5.75. The molecule has 5 heteroatoms. The molecule has 1 spiro atoms. The van der Waals surface area contributed by atoms with Crippen molar-refractivity contribution < 1.29 is 14.9 Å². The third kappa shape index (κ3) is 1.82. The maximum atomic E-state index is 9.70. The van der Waals surface area contributed by atoms with Crippen LogP contribution in [-0.2, 0) is 4.74 Å². The zero-order valence-corrected chi connectivity index (χ0v) is 8.22. The first kappa shape index (κ1) is 11.2. The average Bonchev–Trinajstić information content (AvgIpc) is 2.37. The third-order valence-electron chi connectivity index (χ3n) is 2.98. The van der Waals surface area contributed by atoms with Crippen molar-refractivity contribution in [2.24, 2.45) is 0 Å². The lowest BCUT2D eigenvalue weighted by molar-refractivity contribution is -0.0382. The van der Waals surface area contributed by atoms with Gasteiger partial charge in [0.25, 0.3) is 0 Å². The Hall–Kier alpha value is 0.130. The second-order valence-electron chi connectivity index (χ2n) is 3.66. The molecule has 2 saturated heterocycles. The molecule has 0 radical (unpaired) electrons. The summed E-state index contributed by atoms with van der Waals surface area (Å²) in [6.07, 6.45) is 0.362. The summed E-state index contributed by atoms with van der Waals surface area (Å²) in [5.41, 5.74) is -0.266. The molecule has 2 aliphatic heterocycles. The van der Waals surface area contributed by atoms with E-state index in [4.69, 9.17) is 4.74 Å². The summed E-state index contributed by atoms with van der Waals surface area (Å²) in [5.74, 6) is 0. The highest BCUT2D eigenvalue weighted by molar-refractivity contribution is 5.85. The lowest BCUT2D eigenvalue weighted by Crippen LogP contribution is -2.52. The molecule has 0 amide bonds. The number of halogens is 1. The van der Waals surface area contributed by atoms with Gasteiger partial charge in [-0.25, -0.2) is 0 Å². The maximum Gasteiger partial charge on any atom is 0.0994 e. The van der Waals surface area contributed by atoms with Crippen LogP contribution in [-0.4, -0.2) is 47.7 Å². The molecule has 0 aromatic carbocycles. The van der Waals surface area contributed by atoms with E-state index in [-0.39, 0.29) is 17.9 Å². The Labute approximate surface area is 83.7 Å². The fourth-order valence-electron chi connectivity index (χ4n) is 2.10. The Bertz CT molecular complexity index is 167. The van der Waals surface area contributed by atoms with Crippen LogP contribution in [0.1, 0.15) is 12.8 Å². The first-order valence-electron chi connectivity index (χ1n) is 4.43.